The number of halogens is 1. The molecule has 5 rings (SSSR count). The van der Waals surface area contributed by atoms with E-state index in [9.17, 15) is 4.79 Å². The molecule has 4 nitrogen and oxygen atoms in total. The molecule has 4 aliphatic carbocycles. The highest BCUT2D eigenvalue weighted by Gasteiger charge is 2.51. The van der Waals surface area contributed by atoms with Crippen LogP contribution in [0.25, 0.3) is 0 Å². The molecule has 4 bridgehead atoms. The van der Waals surface area contributed by atoms with Gasteiger partial charge in [-0.1, -0.05) is 0 Å². The van der Waals surface area contributed by atoms with Crippen LogP contribution in [0.2, 0.25) is 0 Å². The lowest BCUT2D eigenvalue weighted by molar-refractivity contribution is -0.0135. The second-order valence-corrected chi connectivity index (χ2v) is 9.05. The first-order valence-corrected chi connectivity index (χ1v) is 9.63. The topological polar surface area (TPSA) is 53.5 Å². The second kappa shape index (κ2) is 5.64. The van der Waals surface area contributed by atoms with Crippen molar-refractivity contribution in [2.45, 2.75) is 44.1 Å². The highest BCUT2D eigenvalue weighted by atomic mass is 79.9. The molecule has 2 amide bonds. The maximum Gasteiger partial charge on any atom is 0.335 e. The van der Waals surface area contributed by atoms with Gasteiger partial charge in [0.05, 0.1) is 6.21 Å². The number of thiophene rings is 1. The number of urea groups is 1. The van der Waals surface area contributed by atoms with Crippen LogP contribution in [0.5, 0.6) is 0 Å². The highest BCUT2D eigenvalue weighted by molar-refractivity contribution is 9.10. The first-order valence-electron chi connectivity index (χ1n) is 7.95. The molecule has 22 heavy (non-hydrogen) atoms. The van der Waals surface area contributed by atoms with Gasteiger partial charge in [-0.2, -0.15) is 5.10 Å². The molecule has 0 saturated heterocycles. The largest absolute Gasteiger partial charge is 0.335 e. The van der Waals surface area contributed by atoms with E-state index in [4.69, 9.17) is 0 Å². The Hall–Kier alpha value is -0.880. The lowest BCUT2D eigenvalue weighted by Crippen LogP contribution is -2.61. The van der Waals surface area contributed by atoms with Crippen LogP contribution in [-0.4, -0.2) is 17.8 Å². The van der Waals surface area contributed by atoms with Crippen molar-refractivity contribution in [3.8, 4) is 0 Å². The minimum Gasteiger partial charge on any atom is -0.331 e. The molecule has 4 saturated carbocycles. The Kier molecular flexibility index (Phi) is 3.77. The van der Waals surface area contributed by atoms with E-state index >= 15 is 0 Å². The second-order valence-electron chi connectivity index (χ2n) is 7.19. The lowest BCUT2D eigenvalue weighted by Gasteiger charge is -2.56. The van der Waals surface area contributed by atoms with Crippen LogP contribution in [0.4, 0.5) is 4.79 Å². The molecular weight excluding hydrogens is 362 g/mol. The molecule has 1 aromatic rings. The van der Waals surface area contributed by atoms with Gasteiger partial charge in [0.2, 0.25) is 0 Å². The monoisotopic (exact) mass is 381 g/mol. The number of hydrogen-bond acceptors (Lipinski definition) is 3. The highest BCUT2D eigenvalue weighted by Crippen LogP contribution is 2.55. The van der Waals surface area contributed by atoms with Gasteiger partial charge in [-0.25, -0.2) is 10.2 Å². The molecule has 0 aliphatic heterocycles. The molecule has 4 fully saturated rings. The summed E-state index contributed by atoms with van der Waals surface area (Å²) in [4.78, 5) is 13.2. The molecular formula is C16H20BrN3OS. The standard InChI is InChI=1S/C16H20BrN3OS/c17-13-4-14(22-9-13)8-18-20-15(21)19-16-5-10-1-11(6-16)3-12(2-10)7-16/h4,8-12H,1-3,5-7H2,(H2,19,20,21)/b18-8-. The first-order chi connectivity index (χ1) is 10.6. The van der Waals surface area contributed by atoms with Crippen LogP contribution < -0.4 is 10.7 Å². The summed E-state index contributed by atoms with van der Waals surface area (Å²) in [7, 11) is 0. The van der Waals surface area contributed by atoms with Crippen molar-refractivity contribution >= 4 is 39.5 Å². The van der Waals surface area contributed by atoms with Crippen LogP contribution in [-0.2, 0) is 0 Å². The third kappa shape index (κ3) is 2.95. The Bertz CT molecular complexity index is 577. The van der Waals surface area contributed by atoms with E-state index in [0.29, 0.717) is 0 Å². The van der Waals surface area contributed by atoms with Crippen molar-refractivity contribution < 1.29 is 4.79 Å². The quantitative estimate of drug-likeness (QED) is 0.600. The summed E-state index contributed by atoms with van der Waals surface area (Å²) in [6, 6.07) is 1.82. The molecule has 6 heteroatoms. The molecule has 1 heterocycles. The van der Waals surface area contributed by atoms with Gasteiger partial charge in [-0.05, 0) is 78.3 Å². The van der Waals surface area contributed by atoms with Crippen LogP contribution >= 0.6 is 27.3 Å². The van der Waals surface area contributed by atoms with E-state index in [0.717, 1.165) is 46.4 Å². The summed E-state index contributed by atoms with van der Waals surface area (Å²) in [5, 5.41) is 9.30. The average Bonchev–Trinajstić information content (AvgIpc) is 2.82. The molecule has 0 unspecified atom stereocenters. The average molecular weight is 382 g/mol. The summed E-state index contributed by atoms with van der Waals surface area (Å²) >= 11 is 4.99. The van der Waals surface area contributed by atoms with Gasteiger partial charge >= 0.3 is 6.03 Å². The van der Waals surface area contributed by atoms with E-state index in [1.54, 1.807) is 17.6 Å². The van der Waals surface area contributed by atoms with Gasteiger partial charge in [-0.15, -0.1) is 11.3 Å². The minimum absolute atomic E-state index is 0.0420. The number of nitrogens with zero attached hydrogens (tertiary/aromatic N) is 1. The molecule has 0 aromatic carbocycles. The van der Waals surface area contributed by atoms with Crippen LogP contribution in [0, 0.1) is 17.8 Å². The van der Waals surface area contributed by atoms with E-state index < -0.39 is 0 Å². The van der Waals surface area contributed by atoms with Crippen LogP contribution in [0.15, 0.2) is 21.0 Å². The third-order valence-electron chi connectivity index (χ3n) is 5.36. The summed E-state index contributed by atoms with van der Waals surface area (Å²) in [5.74, 6) is 2.50. The zero-order valence-corrected chi connectivity index (χ0v) is 14.8. The summed E-state index contributed by atoms with van der Waals surface area (Å²) in [6.07, 6.45) is 9.32. The van der Waals surface area contributed by atoms with Gasteiger partial charge in [0, 0.05) is 20.3 Å². The Morgan fingerprint density at radius 3 is 2.45 bits per heavy atom. The molecule has 0 spiro atoms. The SMILES string of the molecule is O=C(N/N=C\c1cc(Br)cs1)NC12CC3CC(CC(C3)C1)C2. The molecule has 4 aliphatic rings. The van der Waals surface area contributed by atoms with Crippen molar-refractivity contribution in [2.75, 3.05) is 0 Å². The predicted octanol–water partition coefficient (Wildman–Crippen LogP) is 4.11. The number of rotatable bonds is 3. The Labute approximate surface area is 142 Å². The number of amides is 2. The Morgan fingerprint density at radius 1 is 1.27 bits per heavy atom. The number of carbonyl (C=O) groups excluding carboxylic acids is 1. The smallest absolute Gasteiger partial charge is 0.331 e. The Balaban J connectivity index is 1.35. The normalized spacial score (nSPS) is 36.0. The third-order valence-corrected chi connectivity index (χ3v) is 6.99. The first kappa shape index (κ1) is 14.7. The number of carbonyl (C=O) groups is 1. The van der Waals surface area contributed by atoms with E-state index in [-0.39, 0.29) is 11.6 Å². The van der Waals surface area contributed by atoms with Gasteiger partial charge in [0.15, 0.2) is 0 Å². The predicted molar refractivity (Wildman–Crippen MR) is 92.2 cm³/mol. The Morgan fingerprint density at radius 2 is 1.91 bits per heavy atom. The molecule has 2 N–H and O–H groups in total. The van der Waals surface area contributed by atoms with Gasteiger partial charge in [0.1, 0.15) is 0 Å². The molecule has 0 radical (unpaired) electrons. The van der Waals surface area contributed by atoms with Crippen LogP contribution in [0.1, 0.15) is 43.4 Å². The zero-order valence-electron chi connectivity index (χ0n) is 12.3. The maximum atomic E-state index is 12.2. The fraction of sp³-hybridized carbons (Fsp3) is 0.625. The number of hydrogen-bond donors (Lipinski definition) is 2. The zero-order chi connectivity index (χ0) is 15.2. The van der Waals surface area contributed by atoms with Crippen molar-refractivity contribution in [3.05, 3.63) is 20.8 Å². The fourth-order valence-electron chi connectivity index (χ4n) is 5.08. The van der Waals surface area contributed by atoms with Crippen molar-refractivity contribution in [3.63, 3.8) is 0 Å². The van der Waals surface area contributed by atoms with Gasteiger partial charge in [-0.3, -0.25) is 0 Å². The molecule has 0 atom stereocenters. The van der Waals surface area contributed by atoms with Crippen LogP contribution in [0.3, 0.4) is 0 Å². The van der Waals surface area contributed by atoms with Crippen molar-refractivity contribution in [1.29, 1.82) is 0 Å². The van der Waals surface area contributed by atoms with E-state index in [2.05, 4.69) is 31.8 Å². The summed E-state index contributed by atoms with van der Waals surface area (Å²) in [6.45, 7) is 0. The van der Waals surface area contributed by atoms with E-state index in [1.165, 1.54) is 19.3 Å². The number of hydrazone groups is 1. The number of nitrogens with one attached hydrogen (secondary N) is 2. The molecule has 1 aromatic heterocycles. The summed E-state index contributed by atoms with van der Waals surface area (Å²) < 4.78 is 1.04. The fourth-order valence-corrected chi connectivity index (χ4v) is 6.39. The van der Waals surface area contributed by atoms with Gasteiger partial charge in [0.25, 0.3) is 0 Å². The van der Waals surface area contributed by atoms with Gasteiger partial charge < -0.3 is 5.32 Å². The van der Waals surface area contributed by atoms with Crippen molar-refractivity contribution in [2.24, 2.45) is 22.9 Å². The van der Waals surface area contributed by atoms with Crippen molar-refractivity contribution in [1.82, 2.24) is 10.7 Å². The summed E-state index contributed by atoms with van der Waals surface area (Å²) in [5.41, 5.74) is 2.67. The minimum atomic E-state index is -0.158. The lowest BCUT2D eigenvalue weighted by atomic mass is 9.53. The maximum absolute atomic E-state index is 12.2. The van der Waals surface area contributed by atoms with E-state index in [1.807, 2.05) is 11.4 Å². The molecule has 118 valence electrons.